The van der Waals surface area contributed by atoms with Crippen molar-refractivity contribution in [1.82, 2.24) is 14.7 Å². The van der Waals surface area contributed by atoms with Gasteiger partial charge >= 0.3 is 0 Å². The molecule has 1 aromatic carbocycles. The van der Waals surface area contributed by atoms with E-state index >= 15 is 0 Å². The molecule has 1 aromatic heterocycles. The maximum Gasteiger partial charge on any atom is 0.231 e. The van der Waals surface area contributed by atoms with E-state index in [0.29, 0.717) is 12.9 Å². The summed E-state index contributed by atoms with van der Waals surface area (Å²) in [6, 6.07) is 6.19. The fourth-order valence-corrected chi connectivity index (χ4v) is 3.74. The number of aryl methyl sites for hydroxylation is 1. The Kier molecular flexibility index (Phi) is 5.45. The quantitative estimate of drug-likeness (QED) is 0.669. The molecule has 1 fully saturated rings. The minimum atomic E-state index is 0.306. The second-order valence-corrected chi connectivity index (χ2v) is 7.24. The zero-order chi connectivity index (χ0) is 18.6. The first kappa shape index (κ1) is 18.1. The molecule has 27 heavy (non-hydrogen) atoms. The molecule has 2 aliphatic heterocycles. The molecule has 0 spiro atoms. The Bertz CT molecular complexity index is 796. The van der Waals surface area contributed by atoms with E-state index in [1.807, 2.05) is 16.8 Å². The van der Waals surface area contributed by atoms with Crippen molar-refractivity contribution in [2.24, 2.45) is 0 Å². The van der Waals surface area contributed by atoms with Crippen LogP contribution >= 0.6 is 0 Å². The summed E-state index contributed by atoms with van der Waals surface area (Å²) in [4.78, 5) is 2.44. The summed E-state index contributed by atoms with van der Waals surface area (Å²) in [7, 11) is 0. The van der Waals surface area contributed by atoms with Crippen LogP contribution in [0.5, 0.6) is 11.5 Å². The van der Waals surface area contributed by atoms with E-state index in [1.54, 1.807) is 0 Å². The topological polar surface area (TPSA) is 48.8 Å². The number of hydrogen-bond donors (Lipinski definition) is 0. The van der Waals surface area contributed by atoms with E-state index in [4.69, 9.17) is 14.2 Å². The van der Waals surface area contributed by atoms with Gasteiger partial charge in [-0.15, -0.1) is 6.58 Å². The number of rotatable bonds is 8. The van der Waals surface area contributed by atoms with Crippen LogP contribution in [-0.2, 0) is 24.4 Å². The van der Waals surface area contributed by atoms with Gasteiger partial charge in [0.15, 0.2) is 11.5 Å². The van der Waals surface area contributed by atoms with Crippen molar-refractivity contribution in [2.75, 3.05) is 19.9 Å². The van der Waals surface area contributed by atoms with Gasteiger partial charge < -0.3 is 14.2 Å². The van der Waals surface area contributed by atoms with Crippen LogP contribution in [0.3, 0.4) is 0 Å². The van der Waals surface area contributed by atoms with E-state index in [0.717, 1.165) is 62.8 Å². The molecule has 1 atom stereocenters. The molecule has 0 aliphatic carbocycles. The van der Waals surface area contributed by atoms with Crippen LogP contribution in [0.15, 0.2) is 37.1 Å². The first-order valence-electron chi connectivity index (χ1n) is 9.57. The lowest BCUT2D eigenvalue weighted by molar-refractivity contribution is 0.0678. The lowest BCUT2D eigenvalue weighted by Gasteiger charge is -2.25. The number of nitrogens with zero attached hydrogens (tertiary/aromatic N) is 3. The normalized spacial score (nSPS) is 18.4. The van der Waals surface area contributed by atoms with E-state index in [1.165, 1.54) is 11.1 Å². The van der Waals surface area contributed by atoms with Gasteiger partial charge in [-0.25, -0.2) is 0 Å². The minimum Gasteiger partial charge on any atom is -0.454 e. The zero-order valence-electron chi connectivity index (χ0n) is 15.9. The molecule has 2 aromatic rings. The average Bonchev–Trinajstić information content (AvgIpc) is 3.37. The van der Waals surface area contributed by atoms with Crippen molar-refractivity contribution >= 4 is 0 Å². The van der Waals surface area contributed by atoms with Gasteiger partial charge in [0.05, 0.1) is 18.3 Å². The fraction of sp³-hybridized carbons (Fsp3) is 0.476. The molecule has 0 saturated carbocycles. The molecule has 2 aliphatic rings. The van der Waals surface area contributed by atoms with Gasteiger partial charge in [-0.05, 0) is 37.5 Å². The first-order valence-corrected chi connectivity index (χ1v) is 9.57. The van der Waals surface area contributed by atoms with Crippen molar-refractivity contribution in [3.05, 3.63) is 53.9 Å². The highest BCUT2D eigenvalue weighted by Gasteiger charge is 2.22. The number of aromatic nitrogens is 2. The van der Waals surface area contributed by atoms with E-state index in [2.05, 4.69) is 41.8 Å². The van der Waals surface area contributed by atoms with Crippen LogP contribution in [-0.4, -0.2) is 40.7 Å². The molecular formula is C21H27N3O3. The van der Waals surface area contributed by atoms with Crippen molar-refractivity contribution in [2.45, 2.75) is 45.5 Å². The highest BCUT2D eigenvalue weighted by atomic mass is 16.7. The number of ether oxygens (including phenoxy) is 3. The summed E-state index contributed by atoms with van der Waals surface area (Å²) in [6.45, 7) is 10.4. The highest BCUT2D eigenvalue weighted by Crippen LogP contribution is 2.33. The van der Waals surface area contributed by atoms with Gasteiger partial charge in [0.25, 0.3) is 0 Å². The van der Waals surface area contributed by atoms with E-state index in [-0.39, 0.29) is 0 Å². The second kappa shape index (κ2) is 8.15. The Morgan fingerprint density at radius 3 is 3.00 bits per heavy atom. The lowest BCUT2D eigenvalue weighted by atomic mass is 10.1. The molecule has 0 N–H and O–H groups in total. The molecule has 6 heteroatoms. The zero-order valence-corrected chi connectivity index (χ0v) is 15.9. The summed E-state index contributed by atoms with van der Waals surface area (Å²) in [5, 5.41) is 4.59. The molecule has 0 bridgehead atoms. The Balaban J connectivity index is 1.50. The number of hydrogen-bond acceptors (Lipinski definition) is 5. The Labute approximate surface area is 160 Å². The Morgan fingerprint density at radius 2 is 2.19 bits per heavy atom. The molecule has 4 rings (SSSR count). The minimum absolute atomic E-state index is 0.306. The second-order valence-electron chi connectivity index (χ2n) is 7.24. The Hall–Kier alpha value is -2.31. The van der Waals surface area contributed by atoms with Gasteiger partial charge in [0, 0.05) is 38.0 Å². The monoisotopic (exact) mass is 369 g/mol. The summed E-state index contributed by atoms with van der Waals surface area (Å²) < 4.78 is 18.8. The van der Waals surface area contributed by atoms with Gasteiger partial charge in [0.1, 0.15) is 0 Å². The van der Waals surface area contributed by atoms with E-state index < -0.39 is 0 Å². The van der Waals surface area contributed by atoms with E-state index in [9.17, 15) is 0 Å². The van der Waals surface area contributed by atoms with Crippen molar-refractivity contribution < 1.29 is 14.2 Å². The van der Waals surface area contributed by atoms with Crippen LogP contribution in [0.2, 0.25) is 0 Å². The van der Waals surface area contributed by atoms with Gasteiger partial charge in [-0.2, -0.15) is 5.10 Å². The smallest absolute Gasteiger partial charge is 0.231 e. The molecule has 6 nitrogen and oxygen atoms in total. The number of allylic oxidation sites excluding steroid dienone is 1. The first-order chi connectivity index (χ1) is 13.2. The summed E-state index contributed by atoms with van der Waals surface area (Å²) in [6.07, 6.45) is 6.58. The molecule has 1 saturated heterocycles. The van der Waals surface area contributed by atoms with Gasteiger partial charge in [0.2, 0.25) is 6.79 Å². The van der Waals surface area contributed by atoms with Crippen molar-refractivity contribution in [1.29, 1.82) is 0 Å². The predicted molar refractivity (Wildman–Crippen MR) is 103 cm³/mol. The maximum absolute atomic E-state index is 5.89. The number of fused-ring (bicyclic) bond motifs is 1. The molecule has 0 unspecified atom stereocenters. The van der Waals surface area contributed by atoms with Gasteiger partial charge in [-0.1, -0.05) is 12.1 Å². The molecule has 0 radical (unpaired) electrons. The molecule has 3 heterocycles. The van der Waals surface area contributed by atoms with Crippen LogP contribution < -0.4 is 9.47 Å². The third-order valence-corrected chi connectivity index (χ3v) is 5.09. The SMILES string of the molecule is C=CCn1cc(CN(Cc2ccc3c(c2)OCO3)C[C@@H]2CCCO2)c(C)n1. The summed E-state index contributed by atoms with van der Waals surface area (Å²) >= 11 is 0. The largest absolute Gasteiger partial charge is 0.454 e. The molecule has 144 valence electrons. The van der Waals surface area contributed by atoms with Crippen LogP contribution in [0.1, 0.15) is 29.7 Å². The third-order valence-electron chi connectivity index (χ3n) is 5.09. The fourth-order valence-electron chi connectivity index (χ4n) is 3.74. The number of benzene rings is 1. The van der Waals surface area contributed by atoms with Crippen LogP contribution in [0.25, 0.3) is 0 Å². The van der Waals surface area contributed by atoms with Crippen molar-refractivity contribution in [3.8, 4) is 11.5 Å². The summed E-state index contributed by atoms with van der Waals surface area (Å²) in [5.74, 6) is 1.66. The average molecular weight is 369 g/mol. The summed E-state index contributed by atoms with van der Waals surface area (Å²) in [5.41, 5.74) is 3.53. The standard InChI is InChI=1S/C21H27N3O3/c1-3-8-24-13-18(16(2)22-24)12-23(14-19-5-4-9-25-19)11-17-6-7-20-21(10-17)27-15-26-20/h3,6-7,10,13,19H,1,4-5,8-9,11-12,14-15H2,2H3/t19-/m0/s1. The third kappa shape index (κ3) is 4.34. The van der Waals surface area contributed by atoms with Gasteiger partial charge in [-0.3, -0.25) is 9.58 Å². The maximum atomic E-state index is 5.89. The lowest BCUT2D eigenvalue weighted by Crippen LogP contribution is -2.31. The molecular weight excluding hydrogens is 342 g/mol. The highest BCUT2D eigenvalue weighted by molar-refractivity contribution is 5.44. The van der Waals surface area contributed by atoms with Crippen LogP contribution in [0, 0.1) is 6.92 Å². The van der Waals surface area contributed by atoms with Crippen molar-refractivity contribution in [3.63, 3.8) is 0 Å². The van der Waals surface area contributed by atoms with Crippen LogP contribution in [0.4, 0.5) is 0 Å². The predicted octanol–water partition coefficient (Wildman–Crippen LogP) is 3.29. The molecule has 0 amide bonds. The Morgan fingerprint density at radius 1 is 1.30 bits per heavy atom.